The van der Waals surface area contributed by atoms with Gasteiger partial charge in [-0.05, 0) is 36.1 Å². The highest BCUT2D eigenvalue weighted by atomic mass is 16.3. The van der Waals surface area contributed by atoms with Gasteiger partial charge in [0.05, 0.1) is 17.6 Å². The molecule has 140 valence electrons. The maximum atomic E-state index is 13.2. The Bertz CT molecular complexity index is 925. The van der Waals surface area contributed by atoms with E-state index < -0.39 is 6.04 Å². The van der Waals surface area contributed by atoms with Crippen LogP contribution in [0.25, 0.3) is 0 Å². The van der Waals surface area contributed by atoms with Crippen LogP contribution in [-0.2, 0) is 9.59 Å². The molecule has 1 atom stereocenters. The van der Waals surface area contributed by atoms with Gasteiger partial charge in [0.25, 0.3) is 0 Å². The number of para-hydroxylation sites is 2. The first-order chi connectivity index (χ1) is 12.9. The van der Waals surface area contributed by atoms with E-state index >= 15 is 0 Å². The van der Waals surface area contributed by atoms with Crippen molar-refractivity contribution in [1.29, 1.82) is 0 Å². The number of fused-ring (bicyclic) bond motifs is 1. The third-order valence-electron chi connectivity index (χ3n) is 5.28. The summed E-state index contributed by atoms with van der Waals surface area (Å²) in [6, 6.07) is 10.8. The van der Waals surface area contributed by atoms with E-state index in [1.165, 1.54) is 0 Å². The fourth-order valence-electron chi connectivity index (χ4n) is 4.15. The number of allylic oxidation sites excluding steroid dienone is 1. The van der Waals surface area contributed by atoms with Crippen molar-refractivity contribution >= 4 is 23.1 Å². The molecule has 0 bridgehead atoms. The minimum atomic E-state index is -0.554. The smallest absolute Gasteiger partial charge is 0.227 e. The summed E-state index contributed by atoms with van der Waals surface area (Å²) in [7, 11) is 0. The number of anilines is 2. The standard InChI is InChI=1S/C22H24N2O3/c1-4-19(26)24-16-9-6-5-8-14(16)23-15-12-22(2,3)13-17(25)20(15)21(24)18-10-7-11-27-18/h5-11,21,23H,4,12-13H2,1-3H3/t21-/m0/s1. The molecule has 0 spiro atoms. The lowest BCUT2D eigenvalue weighted by molar-refractivity contribution is -0.119. The van der Waals surface area contributed by atoms with Crippen molar-refractivity contribution in [3.05, 3.63) is 59.7 Å². The van der Waals surface area contributed by atoms with Gasteiger partial charge in [0.2, 0.25) is 5.91 Å². The number of amides is 1. The molecule has 0 unspecified atom stereocenters. The molecule has 2 aliphatic rings. The Balaban J connectivity index is 2.00. The Morgan fingerprint density at radius 1 is 1.22 bits per heavy atom. The quantitative estimate of drug-likeness (QED) is 0.829. The molecule has 27 heavy (non-hydrogen) atoms. The van der Waals surface area contributed by atoms with E-state index in [9.17, 15) is 9.59 Å². The molecule has 1 aromatic heterocycles. The number of nitrogens with one attached hydrogen (secondary N) is 1. The van der Waals surface area contributed by atoms with Crippen LogP contribution >= 0.6 is 0 Å². The van der Waals surface area contributed by atoms with Crippen LogP contribution in [0, 0.1) is 5.41 Å². The van der Waals surface area contributed by atoms with Crippen LogP contribution in [0.5, 0.6) is 0 Å². The van der Waals surface area contributed by atoms with Crippen molar-refractivity contribution < 1.29 is 14.0 Å². The second kappa shape index (κ2) is 6.41. The first-order valence-corrected chi connectivity index (χ1v) is 9.39. The minimum absolute atomic E-state index is 0.0444. The molecule has 1 aliphatic heterocycles. The summed E-state index contributed by atoms with van der Waals surface area (Å²) >= 11 is 0. The zero-order valence-electron chi connectivity index (χ0n) is 15.9. The summed E-state index contributed by atoms with van der Waals surface area (Å²) in [6.45, 7) is 6.04. The molecule has 5 nitrogen and oxygen atoms in total. The number of hydrogen-bond donors (Lipinski definition) is 1. The topological polar surface area (TPSA) is 62.6 Å². The lowest BCUT2D eigenvalue weighted by Crippen LogP contribution is -2.39. The van der Waals surface area contributed by atoms with Gasteiger partial charge >= 0.3 is 0 Å². The molecule has 0 fully saturated rings. The average Bonchev–Trinajstić information content (AvgIpc) is 3.09. The van der Waals surface area contributed by atoms with E-state index in [4.69, 9.17) is 4.42 Å². The largest absolute Gasteiger partial charge is 0.467 e. The van der Waals surface area contributed by atoms with Crippen LogP contribution in [0.3, 0.4) is 0 Å². The molecule has 1 aromatic carbocycles. The van der Waals surface area contributed by atoms with Crippen molar-refractivity contribution in [3.63, 3.8) is 0 Å². The van der Waals surface area contributed by atoms with Gasteiger partial charge in [-0.15, -0.1) is 0 Å². The van der Waals surface area contributed by atoms with Gasteiger partial charge in [0.15, 0.2) is 5.78 Å². The second-order valence-corrected chi connectivity index (χ2v) is 8.01. The Labute approximate surface area is 159 Å². The van der Waals surface area contributed by atoms with Crippen LogP contribution in [-0.4, -0.2) is 11.7 Å². The monoisotopic (exact) mass is 364 g/mol. The number of rotatable bonds is 2. The first kappa shape index (κ1) is 17.6. The molecular weight excluding hydrogens is 340 g/mol. The molecule has 5 heteroatoms. The Morgan fingerprint density at radius 3 is 2.70 bits per heavy atom. The maximum absolute atomic E-state index is 13.2. The maximum Gasteiger partial charge on any atom is 0.227 e. The lowest BCUT2D eigenvalue weighted by atomic mass is 9.74. The number of nitrogens with zero attached hydrogens (tertiary/aromatic N) is 1. The molecule has 1 N–H and O–H groups in total. The van der Waals surface area contributed by atoms with Gasteiger partial charge in [0.1, 0.15) is 11.8 Å². The second-order valence-electron chi connectivity index (χ2n) is 8.01. The first-order valence-electron chi connectivity index (χ1n) is 9.39. The van der Waals surface area contributed by atoms with Crippen molar-refractivity contribution in [1.82, 2.24) is 0 Å². The number of carbonyl (C=O) groups is 2. The molecule has 0 saturated carbocycles. The highest BCUT2D eigenvalue weighted by Gasteiger charge is 2.43. The number of carbonyl (C=O) groups excluding carboxylic acids is 2. The number of hydrogen-bond acceptors (Lipinski definition) is 4. The van der Waals surface area contributed by atoms with E-state index in [0.717, 1.165) is 23.5 Å². The molecule has 1 amide bonds. The van der Waals surface area contributed by atoms with Crippen LogP contribution in [0.15, 0.2) is 58.3 Å². The summed E-state index contributed by atoms with van der Waals surface area (Å²) < 4.78 is 5.71. The zero-order chi connectivity index (χ0) is 19.2. The van der Waals surface area contributed by atoms with E-state index in [2.05, 4.69) is 19.2 Å². The van der Waals surface area contributed by atoms with Crippen molar-refractivity contribution in [2.75, 3.05) is 10.2 Å². The molecule has 0 saturated heterocycles. The molecular formula is C22H24N2O3. The fraction of sp³-hybridized carbons (Fsp3) is 0.364. The van der Waals surface area contributed by atoms with E-state index in [1.807, 2.05) is 37.3 Å². The number of ketones is 1. The molecule has 4 rings (SSSR count). The molecule has 2 heterocycles. The third-order valence-corrected chi connectivity index (χ3v) is 5.28. The average molecular weight is 364 g/mol. The highest BCUT2D eigenvalue weighted by Crippen LogP contribution is 2.48. The number of furan rings is 1. The fourth-order valence-corrected chi connectivity index (χ4v) is 4.15. The third kappa shape index (κ3) is 2.97. The van der Waals surface area contributed by atoms with Gasteiger partial charge in [-0.3, -0.25) is 14.5 Å². The summed E-state index contributed by atoms with van der Waals surface area (Å²) in [5, 5.41) is 3.47. The Kier molecular flexibility index (Phi) is 4.17. The van der Waals surface area contributed by atoms with Crippen LogP contribution < -0.4 is 10.2 Å². The SMILES string of the molecule is CCC(=O)N1c2ccccc2NC2=C(C(=O)CC(C)(C)C2)[C@@H]1c1ccco1. The van der Waals surface area contributed by atoms with Crippen LogP contribution in [0.4, 0.5) is 11.4 Å². The predicted molar refractivity (Wildman–Crippen MR) is 104 cm³/mol. The minimum Gasteiger partial charge on any atom is -0.467 e. The van der Waals surface area contributed by atoms with Gasteiger partial charge in [-0.2, -0.15) is 0 Å². The molecule has 0 radical (unpaired) electrons. The van der Waals surface area contributed by atoms with Gasteiger partial charge in [-0.1, -0.05) is 32.9 Å². The summed E-state index contributed by atoms with van der Waals surface area (Å²) in [6.07, 6.45) is 3.13. The Hall–Kier alpha value is -2.82. The van der Waals surface area contributed by atoms with Crippen molar-refractivity contribution in [2.24, 2.45) is 5.41 Å². The van der Waals surface area contributed by atoms with Gasteiger partial charge in [-0.25, -0.2) is 0 Å². The summed E-state index contributed by atoms with van der Waals surface area (Å²) in [5.41, 5.74) is 3.01. The van der Waals surface area contributed by atoms with Crippen LogP contribution in [0.2, 0.25) is 0 Å². The number of benzene rings is 1. The molecule has 2 aromatic rings. The van der Waals surface area contributed by atoms with E-state index in [0.29, 0.717) is 24.2 Å². The van der Waals surface area contributed by atoms with E-state index in [-0.39, 0.29) is 17.1 Å². The highest BCUT2D eigenvalue weighted by molar-refractivity contribution is 6.06. The Morgan fingerprint density at radius 2 is 2.00 bits per heavy atom. The number of Topliss-reactive ketones (excluding diaryl/α,β-unsaturated/α-hetero) is 1. The summed E-state index contributed by atoms with van der Waals surface area (Å²) in [5.74, 6) is 0.629. The van der Waals surface area contributed by atoms with Crippen molar-refractivity contribution in [2.45, 2.75) is 46.1 Å². The van der Waals surface area contributed by atoms with Crippen molar-refractivity contribution in [3.8, 4) is 0 Å². The predicted octanol–water partition coefficient (Wildman–Crippen LogP) is 4.83. The lowest BCUT2D eigenvalue weighted by Gasteiger charge is -2.36. The normalized spacial score (nSPS) is 21.2. The van der Waals surface area contributed by atoms with Gasteiger partial charge < -0.3 is 9.73 Å². The zero-order valence-corrected chi connectivity index (χ0v) is 15.9. The summed E-state index contributed by atoms with van der Waals surface area (Å²) in [4.78, 5) is 28.0. The van der Waals surface area contributed by atoms with Gasteiger partial charge in [0, 0.05) is 24.1 Å². The molecule has 1 aliphatic carbocycles. The van der Waals surface area contributed by atoms with Crippen LogP contribution in [0.1, 0.15) is 51.8 Å². The van der Waals surface area contributed by atoms with E-state index in [1.54, 1.807) is 17.2 Å².